The summed E-state index contributed by atoms with van der Waals surface area (Å²) in [6.07, 6.45) is 1.48. The molecule has 7 heteroatoms. The Morgan fingerprint density at radius 1 is 1.10 bits per heavy atom. The summed E-state index contributed by atoms with van der Waals surface area (Å²) >= 11 is 0. The molecule has 1 aromatic heterocycles. The highest BCUT2D eigenvalue weighted by molar-refractivity contribution is 5.89. The van der Waals surface area contributed by atoms with Crippen molar-refractivity contribution in [1.82, 2.24) is 0 Å². The predicted molar refractivity (Wildman–Crippen MR) is 112 cm³/mol. The van der Waals surface area contributed by atoms with E-state index in [2.05, 4.69) is 6.58 Å². The first-order valence-corrected chi connectivity index (χ1v) is 9.17. The normalized spacial score (nSPS) is 10.5. The minimum absolute atomic E-state index is 0.122. The summed E-state index contributed by atoms with van der Waals surface area (Å²) in [7, 11) is 3.08. The Kier molecular flexibility index (Phi) is 6.41. The lowest BCUT2D eigenvalue weighted by atomic mass is 9.98. The minimum atomic E-state index is -0.505. The maximum atomic E-state index is 12.7. The van der Waals surface area contributed by atoms with Gasteiger partial charge < -0.3 is 23.4 Å². The van der Waals surface area contributed by atoms with Crippen molar-refractivity contribution in [3.63, 3.8) is 0 Å². The summed E-state index contributed by atoms with van der Waals surface area (Å²) < 4.78 is 26.6. The highest BCUT2D eigenvalue weighted by Crippen LogP contribution is 2.36. The van der Waals surface area contributed by atoms with Crippen LogP contribution in [0.3, 0.4) is 0 Å². The molecule has 0 spiro atoms. The molecule has 2 aromatic carbocycles. The summed E-state index contributed by atoms with van der Waals surface area (Å²) in [5.74, 6) is 1.04. The van der Waals surface area contributed by atoms with Crippen LogP contribution in [0.25, 0.3) is 22.1 Å². The lowest BCUT2D eigenvalue weighted by molar-refractivity contribution is -0.144. The molecule has 0 saturated heterocycles. The van der Waals surface area contributed by atoms with Crippen LogP contribution in [-0.4, -0.2) is 33.4 Å². The zero-order valence-electron chi connectivity index (χ0n) is 17.0. The molecule has 0 saturated carbocycles. The molecule has 30 heavy (non-hydrogen) atoms. The molecular weight excluding hydrogens is 388 g/mol. The van der Waals surface area contributed by atoms with Crippen LogP contribution in [0.4, 0.5) is 0 Å². The van der Waals surface area contributed by atoms with Crippen molar-refractivity contribution in [3.8, 4) is 28.4 Å². The van der Waals surface area contributed by atoms with Crippen LogP contribution in [0.2, 0.25) is 0 Å². The third-order valence-electron chi connectivity index (χ3n) is 4.53. The van der Waals surface area contributed by atoms with E-state index in [1.807, 2.05) is 6.92 Å². The van der Waals surface area contributed by atoms with Gasteiger partial charge in [0.2, 0.25) is 0 Å². The topological polar surface area (TPSA) is 84.2 Å². The van der Waals surface area contributed by atoms with Crippen LogP contribution in [0.1, 0.15) is 5.56 Å². The van der Waals surface area contributed by atoms with Crippen molar-refractivity contribution in [2.45, 2.75) is 6.92 Å². The van der Waals surface area contributed by atoms with Gasteiger partial charge >= 0.3 is 11.6 Å². The van der Waals surface area contributed by atoms with E-state index in [0.717, 1.165) is 0 Å². The van der Waals surface area contributed by atoms with Gasteiger partial charge in [0.1, 0.15) is 29.4 Å². The second-order valence-electron chi connectivity index (χ2n) is 6.37. The summed E-state index contributed by atoms with van der Waals surface area (Å²) in [4.78, 5) is 24.4. The summed E-state index contributed by atoms with van der Waals surface area (Å²) in [5, 5.41) is 0.680. The van der Waals surface area contributed by atoms with Gasteiger partial charge in [-0.1, -0.05) is 12.7 Å². The van der Waals surface area contributed by atoms with E-state index in [-0.39, 0.29) is 13.2 Å². The van der Waals surface area contributed by atoms with Gasteiger partial charge in [0, 0.05) is 17.0 Å². The fourth-order valence-electron chi connectivity index (χ4n) is 3.07. The van der Waals surface area contributed by atoms with Crippen molar-refractivity contribution in [2.24, 2.45) is 0 Å². The van der Waals surface area contributed by atoms with Gasteiger partial charge in [0.05, 0.1) is 19.8 Å². The Balaban J connectivity index is 2.02. The summed E-state index contributed by atoms with van der Waals surface area (Å²) in [6, 6.07) is 10.2. The second kappa shape index (κ2) is 9.17. The molecule has 0 radical (unpaired) electrons. The van der Waals surface area contributed by atoms with Gasteiger partial charge in [-0.15, -0.1) is 0 Å². The van der Waals surface area contributed by atoms with Gasteiger partial charge in [-0.2, -0.15) is 0 Å². The van der Waals surface area contributed by atoms with Crippen LogP contribution in [0.15, 0.2) is 58.3 Å². The molecule has 0 N–H and O–H groups in total. The number of hydrogen-bond donors (Lipinski definition) is 0. The van der Waals surface area contributed by atoms with Crippen LogP contribution in [-0.2, 0) is 9.53 Å². The van der Waals surface area contributed by atoms with Crippen LogP contribution < -0.4 is 19.8 Å². The Hall–Kier alpha value is -3.74. The molecule has 3 rings (SSSR count). The number of fused-ring (bicyclic) bond motifs is 1. The van der Waals surface area contributed by atoms with Crippen molar-refractivity contribution in [3.05, 3.63) is 65.0 Å². The number of benzene rings is 2. The highest BCUT2D eigenvalue weighted by atomic mass is 16.6. The van der Waals surface area contributed by atoms with Crippen molar-refractivity contribution >= 4 is 16.9 Å². The van der Waals surface area contributed by atoms with Gasteiger partial charge in [-0.05, 0) is 42.8 Å². The largest absolute Gasteiger partial charge is 0.497 e. The molecule has 0 aliphatic rings. The van der Waals surface area contributed by atoms with Crippen LogP contribution in [0, 0.1) is 6.92 Å². The number of ether oxygens (including phenoxy) is 4. The average molecular weight is 410 g/mol. The van der Waals surface area contributed by atoms with E-state index in [4.69, 9.17) is 23.4 Å². The first kappa shape index (κ1) is 21.0. The molecule has 0 bridgehead atoms. The monoisotopic (exact) mass is 410 g/mol. The fraction of sp³-hybridized carbons (Fsp3) is 0.217. The third kappa shape index (κ3) is 4.30. The number of methoxy groups -OCH3 is 2. The average Bonchev–Trinajstić information content (AvgIpc) is 2.76. The molecule has 7 nitrogen and oxygen atoms in total. The van der Waals surface area contributed by atoms with Crippen molar-refractivity contribution < 1.29 is 28.2 Å². The fourth-order valence-corrected chi connectivity index (χ4v) is 3.07. The molecule has 0 amide bonds. The van der Waals surface area contributed by atoms with Crippen molar-refractivity contribution in [1.29, 1.82) is 0 Å². The third-order valence-corrected chi connectivity index (χ3v) is 4.53. The zero-order chi connectivity index (χ0) is 21.7. The standard InChI is InChI=1S/C23H22O7/c1-5-10-28-21(24)13-29-16-7-9-19-18(11-16)14(2)22(23(25)30-19)17-8-6-15(26-3)12-20(17)27-4/h5-9,11-12H,1,10,13H2,2-4H3. The number of aryl methyl sites for hydroxylation is 1. The highest BCUT2D eigenvalue weighted by Gasteiger charge is 2.18. The molecule has 0 aliphatic heterocycles. The van der Waals surface area contributed by atoms with Gasteiger partial charge in [0.15, 0.2) is 6.61 Å². The van der Waals surface area contributed by atoms with Crippen LogP contribution in [0.5, 0.6) is 17.2 Å². The first-order chi connectivity index (χ1) is 14.5. The SMILES string of the molecule is C=CCOC(=O)COc1ccc2oc(=O)c(-c3ccc(OC)cc3OC)c(C)c2c1. The molecule has 0 unspecified atom stereocenters. The molecule has 0 fully saturated rings. The van der Waals surface area contributed by atoms with Gasteiger partial charge in [-0.25, -0.2) is 9.59 Å². The molecule has 1 heterocycles. The lowest BCUT2D eigenvalue weighted by Gasteiger charge is -2.13. The summed E-state index contributed by atoms with van der Waals surface area (Å²) in [5.41, 5.74) is 1.60. The second-order valence-corrected chi connectivity index (χ2v) is 6.37. The smallest absolute Gasteiger partial charge is 0.344 e. The maximum Gasteiger partial charge on any atom is 0.344 e. The Labute approximate surface area is 173 Å². The Bertz CT molecular complexity index is 1140. The molecular formula is C23H22O7. The van der Waals surface area contributed by atoms with E-state index >= 15 is 0 Å². The first-order valence-electron chi connectivity index (χ1n) is 9.17. The number of carbonyl (C=O) groups excluding carboxylic acids is 1. The quantitative estimate of drug-likeness (QED) is 0.316. The number of carbonyl (C=O) groups is 1. The number of hydrogen-bond acceptors (Lipinski definition) is 7. The molecule has 156 valence electrons. The van der Waals surface area contributed by atoms with E-state index in [1.54, 1.807) is 43.5 Å². The number of esters is 1. The van der Waals surface area contributed by atoms with Crippen LogP contribution >= 0.6 is 0 Å². The lowest BCUT2D eigenvalue weighted by Crippen LogP contribution is -2.14. The minimum Gasteiger partial charge on any atom is -0.497 e. The maximum absolute atomic E-state index is 12.7. The van der Waals surface area contributed by atoms with Crippen molar-refractivity contribution in [2.75, 3.05) is 27.4 Å². The Morgan fingerprint density at radius 2 is 1.87 bits per heavy atom. The van der Waals surface area contributed by atoms with E-state index in [1.165, 1.54) is 13.2 Å². The van der Waals surface area contributed by atoms with E-state index in [9.17, 15) is 9.59 Å². The summed E-state index contributed by atoms with van der Waals surface area (Å²) in [6.45, 7) is 5.19. The number of rotatable bonds is 8. The molecule has 3 aromatic rings. The van der Waals surface area contributed by atoms with E-state index < -0.39 is 11.6 Å². The predicted octanol–water partition coefficient (Wildman–Crippen LogP) is 3.89. The van der Waals surface area contributed by atoms with Gasteiger partial charge in [0.25, 0.3) is 0 Å². The molecule has 0 atom stereocenters. The Morgan fingerprint density at radius 3 is 2.57 bits per heavy atom. The zero-order valence-corrected chi connectivity index (χ0v) is 17.0. The van der Waals surface area contributed by atoms with Gasteiger partial charge in [-0.3, -0.25) is 0 Å². The molecule has 0 aliphatic carbocycles. The van der Waals surface area contributed by atoms with E-state index in [0.29, 0.717) is 44.9 Å².